The molecule has 0 bridgehead atoms. The molecule has 0 aromatic carbocycles. The molecule has 9 heteroatoms. The van der Waals surface area contributed by atoms with Gasteiger partial charge in [-0.05, 0) is 0 Å². The number of aliphatic hydroxyl groups excluding tert-OH is 4. The molecule has 0 aliphatic heterocycles. The van der Waals surface area contributed by atoms with Crippen molar-refractivity contribution in [2.45, 2.75) is 0 Å². The Kier molecular flexibility index (Phi) is 534. The third kappa shape index (κ3) is 131. The summed E-state index contributed by atoms with van der Waals surface area (Å²) in [5.41, 5.74) is 0. The molecule has 0 fully saturated rings. The van der Waals surface area contributed by atoms with Gasteiger partial charge < -0.3 is 20.4 Å². The van der Waals surface area contributed by atoms with Gasteiger partial charge in [-0.15, -0.1) is 0 Å². The quantitative estimate of drug-likeness (QED) is 0.408. The monoisotopic (exact) mass is 367 g/mol. The predicted molar refractivity (Wildman–Crippen MR) is 30.2 cm³/mol. The van der Waals surface area contributed by atoms with Crippen molar-refractivity contribution >= 4 is 0 Å². The van der Waals surface area contributed by atoms with Gasteiger partial charge in [0, 0.05) is 21.1 Å². The number of rotatable bonds is 0. The summed E-state index contributed by atoms with van der Waals surface area (Å²) in [4.78, 5) is 0. The van der Waals surface area contributed by atoms with Crippen molar-refractivity contribution in [3.8, 4) is 25.0 Å². The molecule has 0 aromatic heterocycles. The van der Waals surface area contributed by atoms with Gasteiger partial charge in [-0.25, -0.2) is 0 Å². The Labute approximate surface area is 88.0 Å². The first-order valence-corrected chi connectivity index (χ1v) is 1.79. The van der Waals surface area contributed by atoms with E-state index in [1.807, 2.05) is 0 Å². The summed E-state index contributed by atoms with van der Waals surface area (Å²) in [5, 5.41) is 55.0. The molecule has 0 rings (SSSR count). The summed E-state index contributed by atoms with van der Waals surface area (Å²) in [6.07, 6.45) is 3.00. The molecule has 0 amide bonds. The summed E-state index contributed by atoms with van der Waals surface area (Å²) >= 11 is 0. The van der Waals surface area contributed by atoms with Crippen LogP contribution in [0.5, 0.6) is 0 Å². The molecule has 13 heavy (non-hydrogen) atoms. The van der Waals surface area contributed by atoms with Gasteiger partial charge in [0.05, 0.1) is 0 Å². The second-order valence-electron chi connectivity index (χ2n) is 0.400. The number of hydrogen-bond donors (Lipinski definition) is 4. The molecule has 4 N–H and O–H groups in total. The van der Waals surface area contributed by atoms with Gasteiger partial charge in [0.2, 0.25) is 0 Å². The molecule has 0 radical (unpaired) electrons. The van der Waals surface area contributed by atoms with Crippen LogP contribution in [0.15, 0.2) is 0 Å². The Morgan fingerprint density at radius 2 is 0.538 bits per heavy atom. The SMILES string of the molecule is N#CO.N#CO.N#CO.N#CO.[Pt]. The van der Waals surface area contributed by atoms with E-state index in [0.717, 1.165) is 25.0 Å². The molecule has 0 atom stereocenters. The molecule has 8 nitrogen and oxygen atoms in total. The van der Waals surface area contributed by atoms with Crippen LogP contribution in [-0.4, -0.2) is 20.4 Å². The molecule has 74 valence electrons. The molecule has 0 aromatic rings. The fourth-order valence-electron chi connectivity index (χ4n) is 0. The Hall–Kier alpha value is -2.15. The molecule has 0 unspecified atom stereocenters. The van der Waals surface area contributed by atoms with Gasteiger partial charge in [-0.1, -0.05) is 0 Å². The summed E-state index contributed by atoms with van der Waals surface area (Å²) in [6.45, 7) is 0. The van der Waals surface area contributed by atoms with Crippen molar-refractivity contribution in [3.63, 3.8) is 0 Å². The molecule has 0 aliphatic rings. The predicted octanol–water partition coefficient (Wildman–Crippen LogP) is -0.643. The number of nitrogens with zero attached hydrogens (tertiary/aromatic N) is 4. The molecule has 0 saturated carbocycles. The van der Waals surface area contributed by atoms with E-state index in [0.29, 0.717) is 0 Å². The first-order chi connectivity index (χ1) is 5.66. The number of nitriles is 4. The average molecular weight is 367 g/mol. The van der Waals surface area contributed by atoms with E-state index in [4.69, 9.17) is 41.5 Å². The Balaban J connectivity index is -0.0000000213. The Morgan fingerprint density at radius 3 is 0.538 bits per heavy atom. The van der Waals surface area contributed by atoms with Crippen LogP contribution in [0.3, 0.4) is 0 Å². The average Bonchev–Trinajstić information content (AvgIpc) is 1.92. The van der Waals surface area contributed by atoms with E-state index >= 15 is 0 Å². The summed E-state index contributed by atoms with van der Waals surface area (Å²) in [7, 11) is 0. The van der Waals surface area contributed by atoms with Gasteiger partial charge in [-0.2, -0.15) is 21.0 Å². The minimum absolute atomic E-state index is 0. The molecular formula is C4H4N4O4Pt. The van der Waals surface area contributed by atoms with Gasteiger partial charge in [0.1, 0.15) is 0 Å². The van der Waals surface area contributed by atoms with Crippen molar-refractivity contribution in [1.29, 1.82) is 21.0 Å². The van der Waals surface area contributed by atoms with Crippen LogP contribution in [0.2, 0.25) is 0 Å². The Bertz CT molecular complexity index is 158. The maximum atomic E-state index is 6.88. The largest absolute Gasteiger partial charge is 0.443 e. The normalized spacial score (nSPS) is 2.15. The van der Waals surface area contributed by atoms with E-state index in [9.17, 15) is 0 Å². The minimum atomic E-state index is 0. The van der Waals surface area contributed by atoms with Crippen LogP contribution < -0.4 is 0 Å². The van der Waals surface area contributed by atoms with Crippen molar-refractivity contribution in [2.75, 3.05) is 0 Å². The van der Waals surface area contributed by atoms with Crippen LogP contribution in [-0.2, 0) is 21.1 Å². The minimum Gasteiger partial charge on any atom is -0.443 e. The van der Waals surface area contributed by atoms with E-state index in [2.05, 4.69) is 0 Å². The van der Waals surface area contributed by atoms with Crippen molar-refractivity contribution in [3.05, 3.63) is 0 Å². The fraction of sp³-hybridized carbons (Fsp3) is 0. The van der Waals surface area contributed by atoms with Crippen molar-refractivity contribution in [1.82, 2.24) is 0 Å². The van der Waals surface area contributed by atoms with Crippen LogP contribution in [0, 0.1) is 46.1 Å². The second kappa shape index (κ2) is 226. The molecule has 0 heterocycles. The molecule has 0 saturated heterocycles. The molecular weight excluding hydrogens is 363 g/mol. The van der Waals surface area contributed by atoms with Gasteiger partial charge >= 0.3 is 0 Å². The van der Waals surface area contributed by atoms with Crippen LogP contribution in [0.4, 0.5) is 0 Å². The standard InChI is InChI=1S/4CHNO.Pt/c4*2-1-3;/h4*3H;. The zero-order valence-electron chi connectivity index (χ0n) is 5.89. The van der Waals surface area contributed by atoms with E-state index < -0.39 is 0 Å². The summed E-state index contributed by atoms with van der Waals surface area (Å²) in [6, 6.07) is 0. The smallest absolute Gasteiger partial charge is 0.283 e. The van der Waals surface area contributed by atoms with Crippen LogP contribution >= 0.6 is 0 Å². The third-order valence-electron chi connectivity index (χ3n) is 0. The topological polar surface area (TPSA) is 176 Å². The Morgan fingerprint density at radius 1 is 0.538 bits per heavy atom. The first kappa shape index (κ1) is 30.8. The van der Waals surface area contributed by atoms with Crippen LogP contribution in [0.1, 0.15) is 0 Å². The van der Waals surface area contributed by atoms with Gasteiger partial charge in [0.25, 0.3) is 25.0 Å². The first-order valence-electron chi connectivity index (χ1n) is 1.79. The van der Waals surface area contributed by atoms with Gasteiger partial charge in [0.15, 0.2) is 0 Å². The zero-order valence-corrected chi connectivity index (χ0v) is 8.17. The van der Waals surface area contributed by atoms with Crippen molar-refractivity contribution in [2.24, 2.45) is 0 Å². The second-order valence-corrected chi connectivity index (χ2v) is 0.400. The fourth-order valence-corrected chi connectivity index (χ4v) is 0. The zero-order chi connectivity index (χ0) is 10.8. The van der Waals surface area contributed by atoms with Crippen molar-refractivity contribution < 1.29 is 41.5 Å². The van der Waals surface area contributed by atoms with E-state index in [1.165, 1.54) is 0 Å². The van der Waals surface area contributed by atoms with E-state index in [1.54, 1.807) is 0 Å². The number of hydrogen-bond acceptors (Lipinski definition) is 8. The third-order valence-corrected chi connectivity index (χ3v) is 0. The maximum Gasteiger partial charge on any atom is 0.283 e. The van der Waals surface area contributed by atoms with Gasteiger partial charge in [-0.3, -0.25) is 0 Å². The summed E-state index contributed by atoms with van der Waals surface area (Å²) < 4.78 is 0. The maximum absolute atomic E-state index is 6.88. The molecule has 0 aliphatic carbocycles. The van der Waals surface area contributed by atoms with Crippen LogP contribution in [0.25, 0.3) is 0 Å². The number of aliphatic hydroxyl groups is 4. The molecule has 0 spiro atoms. The summed E-state index contributed by atoms with van der Waals surface area (Å²) in [5.74, 6) is 0. The van der Waals surface area contributed by atoms with E-state index in [-0.39, 0.29) is 21.1 Å².